The highest BCUT2D eigenvalue weighted by molar-refractivity contribution is 5.79. The molecular weight excluding hydrogens is 228 g/mol. The van der Waals surface area contributed by atoms with Gasteiger partial charge in [0.2, 0.25) is 5.91 Å². The third kappa shape index (κ3) is 3.80. The van der Waals surface area contributed by atoms with Crippen LogP contribution >= 0.6 is 0 Å². The van der Waals surface area contributed by atoms with Crippen molar-refractivity contribution in [1.82, 2.24) is 10.2 Å². The number of nitrogens with zero attached hydrogens (tertiary/aromatic N) is 1. The predicted octanol–water partition coefficient (Wildman–Crippen LogP) is 1.49. The fourth-order valence-corrected chi connectivity index (χ4v) is 3.06. The van der Waals surface area contributed by atoms with E-state index >= 15 is 0 Å². The number of rotatable bonds is 4. The molecule has 2 saturated carbocycles. The van der Waals surface area contributed by atoms with Gasteiger partial charge in [-0.2, -0.15) is 0 Å². The van der Waals surface area contributed by atoms with Crippen LogP contribution in [0.25, 0.3) is 0 Å². The van der Waals surface area contributed by atoms with E-state index in [0.29, 0.717) is 37.3 Å². The Balaban J connectivity index is 1.70. The third-order valence-corrected chi connectivity index (χ3v) is 4.25. The molecule has 1 N–H and O–H groups in total. The van der Waals surface area contributed by atoms with Crippen molar-refractivity contribution in [2.24, 2.45) is 0 Å². The Morgan fingerprint density at radius 2 is 1.83 bits per heavy atom. The molecule has 0 aliphatic heterocycles. The summed E-state index contributed by atoms with van der Waals surface area (Å²) in [6, 6.07) is 0.802. The molecule has 0 aromatic rings. The van der Waals surface area contributed by atoms with Crippen molar-refractivity contribution in [3.8, 4) is 0 Å². The molecular formula is C14H24N2O2. The van der Waals surface area contributed by atoms with Crippen molar-refractivity contribution in [2.45, 2.75) is 63.5 Å². The summed E-state index contributed by atoms with van der Waals surface area (Å²) in [5, 5.41) is 3.11. The summed E-state index contributed by atoms with van der Waals surface area (Å²) >= 11 is 0. The van der Waals surface area contributed by atoms with E-state index < -0.39 is 0 Å². The van der Waals surface area contributed by atoms with Crippen LogP contribution in [0.5, 0.6) is 0 Å². The van der Waals surface area contributed by atoms with Crippen LogP contribution in [0.1, 0.15) is 51.4 Å². The first-order valence-electron chi connectivity index (χ1n) is 7.16. The average molecular weight is 252 g/mol. The van der Waals surface area contributed by atoms with Crippen LogP contribution in [-0.4, -0.2) is 42.3 Å². The molecule has 102 valence electrons. The monoisotopic (exact) mass is 252 g/mol. The first-order chi connectivity index (χ1) is 8.65. The summed E-state index contributed by atoms with van der Waals surface area (Å²) in [5.41, 5.74) is 0. The predicted molar refractivity (Wildman–Crippen MR) is 70.3 cm³/mol. The van der Waals surface area contributed by atoms with Crippen LogP contribution in [-0.2, 0) is 9.59 Å². The Labute approximate surface area is 109 Å². The SMILES string of the molecule is CN(CC(=O)NC1CCCC1)C1CCC(=O)CC1. The van der Waals surface area contributed by atoms with Crippen LogP contribution < -0.4 is 5.32 Å². The Bertz CT molecular complexity index is 301. The smallest absolute Gasteiger partial charge is 0.234 e. The van der Waals surface area contributed by atoms with E-state index in [2.05, 4.69) is 10.2 Å². The van der Waals surface area contributed by atoms with E-state index in [1.165, 1.54) is 12.8 Å². The molecule has 18 heavy (non-hydrogen) atoms. The van der Waals surface area contributed by atoms with E-state index in [0.717, 1.165) is 25.7 Å². The van der Waals surface area contributed by atoms with Gasteiger partial charge >= 0.3 is 0 Å². The topological polar surface area (TPSA) is 49.4 Å². The fraction of sp³-hybridized carbons (Fsp3) is 0.857. The molecule has 0 saturated heterocycles. The number of Topliss-reactive ketones (excluding diaryl/α,β-unsaturated/α-hetero) is 1. The number of carbonyl (C=O) groups excluding carboxylic acids is 2. The normalized spacial score (nSPS) is 22.7. The summed E-state index contributed by atoms with van der Waals surface area (Å²) < 4.78 is 0. The van der Waals surface area contributed by atoms with Gasteiger partial charge in [-0.3, -0.25) is 14.5 Å². The number of nitrogens with one attached hydrogen (secondary N) is 1. The zero-order chi connectivity index (χ0) is 13.0. The highest BCUT2D eigenvalue weighted by atomic mass is 16.2. The lowest BCUT2D eigenvalue weighted by atomic mass is 9.93. The summed E-state index contributed by atoms with van der Waals surface area (Å²) in [4.78, 5) is 25.2. The van der Waals surface area contributed by atoms with Gasteiger partial charge in [-0.05, 0) is 32.7 Å². The minimum Gasteiger partial charge on any atom is -0.352 e. The lowest BCUT2D eigenvalue weighted by Gasteiger charge is -2.30. The van der Waals surface area contributed by atoms with E-state index in [1.54, 1.807) is 0 Å². The Hall–Kier alpha value is -0.900. The fourth-order valence-electron chi connectivity index (χ4n) is 3.06. The molecule has 0 aromatic carbocycles. The molecule has 0 heterocycles. The number of ketones is 1. The van der Waals surface area contributed by atoms with Gasteiger partial charge in [-0.1, -0.05) is 12.8 Å². The number of likely N-dealkylation sites (N-methyl/N-ethyl adjacent to an activating group) is 1. The molecule has 1 amide bonds. The standard InChI is InChI=1S/C14H24N2O2/c1-16(12-6-8-13(17)9-7-12)10-14(18)15-11-4-2-3-5-11/h11-12H,2-10H2,1H3,(H,15,18). The summed E-state index contributed by atoms with van der Waals surface area (Å²) in [7, 11) is 1.99. The molecule has 2 aliphatic rings. The maximum absolute atomic E-state index is 11.9. The maximum atomic E-state index is 11.9. The molecule has 0 aromatic heterocycles. The van der Waals surface area contributed by atoms with Crippen molar-refractivity contribution in [3.05, 3.63) is 0 Å². The molecule has 4 heteroatoms. The van der Waals surface area contributed by atoms with E-state index in [9.17, 15) is 9.59 Å². The molecule has 2 fully saturated rings. The Morgan fingerprint density at radius 1 is 1.22 bits per heavy atom. The Morgan fingerprint density at radius 3 is 2.44 bits per heavy atom. The first kappa shape index (κ1) is 13.5. The van der Waals surface area contributed by atoms with Crippen molar-refractivity contribution < 1.29 is 9.59 Å². The number of amides is 1. The van der Waals surface area contributed by atoms with Gasteiger partial charge < -0.3 is 5.32 Å². The number of carbonyl (C=O) groups is 2. The van der Waals surface area contributed by atoms with Crippen LogP contribution in [0.15, 0.2) is 0 Å². The second-order valence-electron chi connectivity index (χ2n) is 5.73. The summed E-state index contributed by atoms with van der Waals surface area (Å²) in [6.45, 7) is 0.468. The Kier molecular flexibility index (Phi) is 4.75. The minimum absolute atomic E-state index is 0.140. The molecule has 0 unspecified atom stereocenters. The third-order valence-electron chi connectivity index (χ3n) is 4.25. The van der Waals surface area contributed by atoms with Gasteiger partial charge in [0, 0.05) is 24.9 Å². The molecule has 2 aliphatic carbocycles. The second kappa shape index (κ2) is 6.32. The number of hydrogen-bond acceptors (Lipinski definition) is 3. The van der Waals surface area contributed by atoms with Gasteiger partial charge in [-0.15, -0.1) is 0 Å². The largest absolute Gasteiger partial charge is 0.352 e. The molecule has 0 spiro atoms. The maximum Gasteiger partial charge on any atom is 0.234 e. The highest BCUT2D eigenvalue weighted by Crippen LogP contribution is 2.20. The van der Waals surface area contributed by atoms with Crippen LogP contribution in [0.3, 0.4) is 0 Å². The van der Waals surface area contributed by atoms with E-state index in [-0.39, 0.29) is 5.91 Å². The summed E-state index contributed by atoms with van der Waals surface area (Å²) in [5.74, 6) is 0.511. The van der Waals surface area contributed by atoms with Gasteiger partial charge in [0.05, 0.1) is 6.54 Å². The van der Waals surface area contributed by atoms with E-state index in [1.807, 2.05) is 7.05 Å². The molecule has 0 radical (unpaired) electrons. The first-order valence-corrected chi connectivity index (χ1v) is 7.16. The van der Waals surface area contributed by atoms with Gasteiger partial charge in [-0.25, -0.2) is 0 Å². The summed E-state index contributed by atoms with van der Waals surface area (Å²) in [6.07, 6.45) is 7.92. The molecule has 2 rings (SSSR count). The van der Waals surface area contributed by atoms with E-state index in [4.69, 9.17) is 0 Å². The number of hydrogen-bond donors (Lipinski definition) is 1. The van der Waals surface area contributed by atoms with Crippen molar-refractivity contribution in [1.29, 1.82) is 0 Å². The van der Waals surface area contributed by atoms with Crippen LogP contribution in [0.4, 0.5) is 0 Å². The van der Waals surface area contributed by atoms with Crippen molar-refractivity contribution >= 4 is 11.7 Å². The highest BCUT2D eigenvalue weighted by Gasteiger charge is 2.24. The molecule has 0 atom stereocenters. The lowest BCUT2D eigenvalue weighted by molar-refractivity contribution is -0.123. The lowest BCUT2D eigenvalue weighted by Crippen LogP contribution is -2.44. The van der Waals surface area contributed by atoms with Crippen molar-refractivity contribution in [3.63, 3.8) is 0 Å². The van der Waals surface area contributed by atoms with Crippen molar-refractivity contribution in [2.75, 3.05) is 13.6 Å². The molecule has 4 nitrogen and oxygen atoms in total. The zero-order valence-electron chi connectivity index (χ0n) is 11.3. The molecule has 0 bridgehead atoms. The van der Waals surface area contributed by atoms with Gasteiger partial charge in [0.25, 0.3) is 0 Å². The zero-order valence-corrected chi connectivity index (χ0v) is 11.3. The van der Waals surface area contributed by atoms with Gasteiger partial charge in [0.15, 0.2) is 0 Å². The van der Waals surface area contributed by atoms with Gasteiger partial charge in [0.1, 0.15) is 5.78 Å². The van der Waals surface area contributed by atoms with Crippen LogP contribution in [0.2, 0.25) is 0 Å². The van der Waals surface area contributed by atoms with Crippen LogP contribution in [0, 0.1) is 0 Å². The second-order valence-corrected chi connectivity index (χ2v) is 5.73. The minimum atomic E-state index is 0.140. The quantitative estimate of drug-likeness (QED) is 0.824. The average Bonchev–Trinajstić information content (AvgIpc) is 2.82.